The molecule has 1 fully saturated rings. The number of hydrogen-bond donors (Lipinski definition) is 2. The number of likely N-dealkylation sites (N-methyl/N-ethyl adjacent to an activating group) is 1. The fourth-order valence-corrected chi connectivity index (χ4v) is 3.87. The second-order valence-corrected chi connectivity index (χ2v) is 6.98. The van der Waals surface area contributed by atoms with E-state index in [9.17, 15) is 4.39 Å². The number of nitrogens with one attached hydrogen (secondary N) is 1. The average Bonchev–Trinajstić information content (AvgIpc) is 3.10. The molecule has 4 rings (SSSR count). The van der Waals surface area contributed by atoms with Gasteiger partial charge in [0.15, 0.2) is 0 Å². The Labute approximate surface area is 152 Å². The van der Waals surface area contributed by atoms with Gasteiger partial charge in [-0.3, -0.25) is 0 Å². The molecule has 1 aliphatic rings. The maximum atomic E-state index is 14.6. The smallest absolute Gasteiger partial charge is 0.131 e. The number of fused-ring (bicyclic) bond motifs is 1. The zero-order chi connectivity index (χ0) is 18.3. The quantitative estimate of drug-likeness (QED) is 0.756. The second kappa shape index (κ2) is 6.57. The Morgan fingerprint density at radius 3 is 2.85 bits per heavy atom. The zero-order valence-electron chi connectivity index (χ0n) is 15.1. The fourth-order valence-electron chi connectivity index (χ4n) is 3.87. The summed E-state index contributed by atoms with van der Waals surface area (Å²) in [5.41, 5.74) is 9.48. The van der Waals surface area contributed by atoms with Gasteiger partial charge in [-0.15, -0.1) is 0 Å². The molecular formula is C21H23FN4. The van der Waals surface area contributed by atoms with E-state index in [2.05, 4.69) is 21.3 Å². The predicted molar refractivity (Wildman–Crippen MR) is 106 cm³/mol. The SMILES string of the molecule is CN[C@@H]1CCN(c2cc(-c3c(C)cccc3F)cc3cnc(N)cc23)C1. The van der Waals surface area contributed by atoms with Crippen LogP contribution in [0.5, 0.6) is 0 Å². The number of pyridine rings is 1. The summed E-state index contributed by atoms with van der Waals surface area (Å²) in [6.45, 7) is 3.83. The lowest BCUT2D eigenvalue weighted by Crippen LogP contribution is -2.29. The van der Waals surface area contributed by atoms with Crippen molar-refractivity contribution in [2.45, 2.75) is 19.4 Å². The minimum absolute atomic E-state index is 0.201. The van der Waals surface area contributed by atoms with Gasteiger partial charge in [-0.25, -0.2) is 9.37 Å². The van der Waals surface area contributed by atoms with Crippen LogP contribution in [0.2, 0.25) is 0 Å². The van der Waals surface area contributed by atoms with E-state index in [1.54, 1.807) is 12.3 Å². The van der Waals surface area contributed by atoms with E-state index in [0.29, 0.717) is 17.4 Å². The van der Waals surface area contributed by atoms with Crippen molar-refractivity contribution in [1.29, 1.82) is 0 Å². The van der Waals surface area contributed by atoms with Crippen LogP contribution in [0, 0.1) is 12.7 Å². The molecule has 1 aliphatic heterocycles. The van der Waals surface area contributed by atoms with Gasteiger partial charge >= 0.3 is 0 Å². The Hall–Kier alpha value is -2.66. The summed E-state index contributed by atoms with van der Waals surface area (Å²) < 4.78 is 14.6. The van der Waals surface area contributed by atoms with E-state index in [0.717, 1.165) is 47.1 Å². The van der Waals surface area contributed by atoms with E-state index in [-0.39, 0.29) is 5.82 Å². The van der Waals surface area contributed by atoms with Crippen LogP contribution in [0.25, 0.3) is 21.9 Å². The number of hydrogen-bond acceptors (Lipinski definition) is 4. The Kier molecular flexibility index (Phi) is 4.24. The zero-order valence-corrected chi connectivity index (χ0v) is 15.1. The van der Waals surface area contributed by atoms with Crippen molar-refractivity contribution in [1.82, 2.24) is 10.3 Å². The summed E-state index contributed by atoms with van der Waals surface area (Å²) in [5, 5.41) is 5.39. The largest absolute Gasteiger partial charge is 0.384 e. The van der Waals surface area contributed by atoms with Gasteiger partial charge in [-0.1, -0.05) is 12.1 Å². The normalized spacial score (nSPS) is 17.2. The van der Waals surface area contributed by atoms with E-state index in [1.807, 2.05) is 32.2 Å². The molecule has 4 nitrogen and oxygen atoms in total. The average molecular weight is 350 g/mol. The van der Waals surface area contributed by atoms with Crippen molar-refractivity contribution < 1.29 is 4.39 Å². The van der Waals surface area contributed by atoms with Crippen LogP contribution in [-0.4, -0.2) is 31.2 Å². The first-order valence-corrected chi connectivity index (χ1v) is 8.94. The molecule has 2 aromatic carbocycles. The summed E-state index contributed by atoms with van der Waals surface area (Å²) in [6.07, 6.45) is 2.86. The Morgan fingerprint density at radius 1 is 1.27 bits per heavy atom. The summed E-state index contributed by atoms with van der Waals surface area (Å²) in [7, 11) is 1.99. The molecule has 5 heteroatoms. The third-order valence-corrected chi connectivity index (χ3v) is 5.28. The molecule has 1 aromatic heterocycles. The molecule has 0 spiro atoms. The molecule has 26 heavy (non-hydrogen) atoms. The lowest BCUT2D eigenvalue weighted by Gasteiger charge is -2.22. The monoisotopic (exact) mass is 350 g/mol. The maximum absolute atomic E-state index is 14.6. The number of anilines is 2. The first-order chi connectivity index (χ1) is 12.6. The van der Waals surface area contributed by atoms with Crippen LogP contribution < -0.4 is 16.0 Å². The molecule has 0 radical (unpaired) electrons. The van der Waals surface area contributed by atoms with Crippen LogP contribution in [0.1, 0.15) is 12.0 Å². The number of rotatable bonds is 3. The fraction of sp³-hybridized carbons (Fsp3) is 0.286. The van der Waals surface area contributed by atoms with Crippen molar-refractivity contribution in [2.24, 2.45) is 0 Å². The number of aromatic nitrogens is 1. The predicted octanol–water partition coefficient (Wildman–Crippen LogP) is 3.73. The van der Waals surface area contributed by atoms with Crippen molar-refractivity contribution >= 4 is 22.3 Å². The molecule has 0 aliphatic carbocycles. The van der Waals surface area contributed by atoms with Gasteiger partial charge in [0.05, 0.1) is 0 Å². The molecule has 0 amide bonds. The third kappa shape index (κ3) is 2.88. The maximum Gasteiger partial charge on any atom is 0.131 e. The first kappa shape index (κ1) is 16.8. The summed E-state index contributed by atoms with van der Waals surface area (Å²) >= 11 is 0. The van der Waals surface area contributed by atoms with Gasteiger partial charge in [0.2, 0.25) is 0 Å². The number of nitrogens with two attached hydrogens (primary N) is 1. The Bertz CT molecular complexity index is 949. The minimum Gasteiger partial charge on any atom is -0.384 e. The Morgan fingerprint density at radius 2 is 2.12 bits per heavy atom. The van der Waals surface area contributed by atoms with Crippen molar-refractivity contribution in [3.05, 3.63) is 54.0 Å². The molecule has 0 bridgehead atoms. The van der Waals surface area contributed by atoms with Crippen LogP contribution in [0.15, 0.2) is 42.6 Å². The topological polar surface area (TPSA) is 54.2 Å². The number of nitrogen functional groups attached to an aromatic ring is 1. The van der Waals surface area contributed by atoms with Gasteiger partial charge in [-0.05, 0) is 55.8 Å². The summed E-state index contributed by atoms with van der Waals surface area (Å²) in [5.74, 6) is 0.297. The van der Waals surface area contributed by atoms with Gasteiger partial charge in [-0.2, -0.15) is 0 Å². The number of halogens is 1. The lowest BCUT2D eigenvalue weighted by atomic mass is 9.96. The number of nitrogens with zero attached hydrogens (tertiary/aromatic N) is 2. The van der Waals surface area contributed by atoms with Crippen molar-refractivity contribution in [3.8, 4) is 11.1 Å². The molecule has 0 unspecified atom stereocenters. The highest BCUT2D eigenvalue weighted by Crippen LogP contribution is 2.37. The molecule has 3 N–H and O–H groups in total. The number of benzene rings is 2. The van der Waals surface area contributed by atoms with Gasteiger partial charge < -0.3 is 16.0 Å². The highest BCUT2D eigenvalue weighted by atomic mass is 19.1. The highest BCUT2D eigenvalue weighted by Gasteiger charge is 2.23. The standard InChI is InChI=1S/C21H23FN4/c1-13-4-3-5-18(22)21(13)14-8-15-11-25-20(23)10-17(15)19(9-14)26-7-6-16(12-26)24-2/h3-5,8-11,16,24H,6-7,12H2,1-2H3,(H2,23,25)/t16-/m1/s1. The van der Waals surface area contributed by atoms with Crippen molar-refractivity contribution in [2.75, 3.05) is 30.8 Å². The molecule has 134 valence electrons. The third-order valence-electron chi connectivity index (χ3n) is 5.28. The van der Waals surface area contributed by atoms with Gasteiger partial charge in [0.1, 0.15) is 11.6 Å². The highest BCUT2D eigenvalue weighted by molar-refractivity contribution is 5.99. The van der Waals surface area contributed by atoms with E-state index < -0.39 is 0 Å². The van der Waals surface area contributed by atoms with E-state index >= 15 is 0 Å². The molecule has 1 saturated heterocycles. The van der Waals surface area contributed by atoms with Gasteiger partial charge in [0, 0.05) is 47.4 Å². The minimum atomic E-state index is -0.201. The molecule has 1 atom stereocenters. The van der Waals surface area contributed by atoms with E-state index in [4.69, 9.17) is 5.73 Å². The molecule has 3 aromatic rings. The molecular weight excluding hydrogens is 327 g/mol. The molecule has 2 heterocycles. The summed E-state index contributed by atoms with van der Waals surface area (Å²) in [4.78, 5) is 6.59. The second-order valence-electron chi connectivity index (χ2n) is 6.98. The Balaban J connectivity index is 1.93. The lowest BCUT2D eigenvalue weighted by molar-refractivity contribution is 0.617. The van der Waals surface area contributed by atoms with Crippen LogP contribution in [0.3, 0.4) is 0 Å². The van der Waals surface area contributed by atoms with Crippen LogP contribution >= 0.6 is 0 Å². The van der Waals surface area contributed by atoms with Crippen LogP contribution in [0.4, 0.5) is 15.9 Å². The molecule has 0 saturated carbocycles. The number of aryl methyl sites for hydroxylation is 1. The van der Waals surface area contributed by atoms with Crippen molar-refractivity contribution in [3.63, 3.8) is 0 Å². The van der Waals surface area contributed by atoms with Gasteiger partial charge in [0.25, 0.3) is 0 Å². The first-order valence-electron chi connectivity index (χ1n) is 8.94. The summed E-state index contributed by atoms with van der Waals surface area (Å²) in [6, 6.07) is 11.7. The van der Waals surface area contributed by atoms with Crippen LogP contribution in [-0.2, 0) is 0 Å². The van der Waals surface area contributed by atoms with E-state index in [1.165, 1.54) is 6.07 Å².